The third kappa shape index (κ3) is 4.24. The molecule has 1 fully saturated rings. The fraction of sp³-hybridized carbons (Fsp3) is 0.533. The summed E-state index contributed by atoms with van der Waals surface area (Å²) in [4.78, 5) is 12.0. The van der Waals surface area contributed by atoms with Gasteiger partial charge in [-0.3, -0.25) is 5.32 Å². The van der Waals surface area contributed by atoms with Crippen LogP contribution in [-0.4, -0.2) is 24.3 Å². The van der Waals surface area contributed by atoms with E-state index in [0.29, 0.717) is 11.3 Å². The maximum absolute atomic E-state index is 12.0. The second kappa shape index (κ2) is 5.61. The summed E-state index contributed by atoms with van der Waals surface area (Å²) in [6.07, 6.45) is 2.17. The summed E-state index contributed by atoms with van der Waals surface area (Å²) in [7, 11) is 0. The van der Waals surface area contributed by atoms with Crippen LogP contribution in [-0.2, 0) is 4.74 Å². The Balaban J connectivity index is 2.03. The zero-order valence-electron chi connectivity index (χ0n) is 11.7. The smallest absolute Gasteiger partial charge is 0.338 e. The van der Waals surface area contributed by atoms with E-state index >= 15 is 0 Å². The highest BCUT2D eigenvalue weighted by atomic mass is 16.6. The number of carbonyl (C=O) groups is 1. The molecule has 1 unspecified atom stereocenters. The van der Waals surface area contributed by atoms with E-state index in [1.165, 1.54) is 0 Å². The standard InChI is InChI=1S/C15H21NO3/c1-15(2,3)19-14(17)11-6-4-7-12(10-11)18-13-8-5-9-16-13/h4,6-7,10,13,16H,5,8-9H2,1-3H3. The van der Waals surface area contributed by atoms with Gasteiger partial charge in [0.1, 0.15) is 17.6 Å². The lowest BCUT2D eigenvalue weighted by molar-refractivity contribution is 0.00688. The Morgan fingerprint density at radius 1 is 1.37 bits per heavy atom. The number of benzene rings is 1. The number of hydrogen-bond acceptors (Lipinski definition) is 4. The summed E-state index contributed by atoms with van der Waals surface area (Å²) in [6.45, 7) is 6.55. The number of nitrogens with one attached hydrogen (secondary N) is 1. The van der Waals surface area contributed by atoms with Crippen molar-refractivity contribution in [2.45, 2.75) is 45.4 Å². The fourth-order valence-electron chi connectivity index (χ4n) is 1.95. The molecule has 1 N–H and O–H groups in total. The highest BCUT2D eigenvalue weighted by Gasteiger charge is 2.19. The van der Waals surface area contributed by atoms with Gasteiger partial charge in [0.05, 0.1) is 5.56 Å². The van der Waals surface area contributed by atoms with Crippen LogP contribution in [0.4, 0.5) is 0 Å². The maximum Gasteiger partial charge on any atom is 0.338 e. The van der Waals surface area contributed by atoms with Crippen LogP contribution in [0.15, 0.2) is 24.3 Å². The average molecular weight is 263 g/mol. The first kappa shape index (κ1) is 13.9. The first-order valence-electron chi connectivity index (χ1n) is 6.67. The zero-order chi connectivity index (χ0) is 13.9. The molecule has 4 nitrogen and oxygen atoms in total. The third-order valence-electron chi connectivity index (χ3n) is 2.76. The molecule has 19 heavy (non-hydrogen) atoms. The monoisotopic (exact) mass is 263 g/mol. The molecule has 1 heterocycles. The Morgan fingerprint density at radius 3 is 2.79 bits per heavy atom. The lowest BCUT2D eigenvalue weighted by atomic mass is 10.1. The van der Waals surface area contributed by atoms with Crippen LogP contribution in [0.1, 0.15) is 44.0 Å². The molecule has 4 heteroatoms. The van der Waals surface area contributed by atoms with Crippen molar-refractivity contribution in [2.24, 2.45) is 0 Å². The molecule has 0 saturated carbocycles. The summed E-state index contributed by atoms with van der Waals surface area (Å²) in [5, 5.41) is 3.25. The van der Waals surface area contributed by atoms with E-state index in [-0.39, 0.29) is 12.2 Å². The largest absolute Gasteiger partial charge is 0.475 e. The molecule has 2 rings (SSSR count). The van der Waals surface area contributed by atoms with Gasteiger partial charge in [-0.05, 0) is 58.4 Å². The molecule has 0 aliphatic carbocycles. The number of carbonyl (C=O) groups excluding carboxylic acids is 1. The Morgan fingerprint density at radius 2 is 2.16 bits per heavy atom. The first-order chi connectivity index (χ1) is 8.94. The zero-order valence-corrected chi connectivity index (χ0v) is 11.7. The number of rotatable bonds is 3. The van der Waals surface area contributed by atoms with Crippen molar-refractivity contribution in [3.8, 4) is 5.75 Å². The van der Waals surface area contributed by atoms with Crippen LogP contribution in [0.25, 0.3) is 0 Å². The molecule has 1 atom stereocenters. The number of hydrogen-bond donors (Lipinski definition) is 1. The van der Waals surface area contributed by atoms with Gasteiger partial charge in [-0.1, -0.05) is 6.07 Å². The van der Waals surface area contributed by atoms with Crippen LogP contribution < -0.4 is 10.1 Å². The van der Waals surface area contributed by atoms with Crippen molar-refractivity contribution < 1.29 is 14.3 Å². The molecule has 0 aromatic heterocycles. The topological polar surface area (TPSA) is 47.6 Å². The molecule has 0 spiro atoms. The van der Waals surface area contributed by atoms with Gasteiger partial charge in [0.25, 0.3) is 0 Å². The molecule has 0 bridgehead atoms. The molecular formula is C15H21NO3. The van der Waals surface area contributed by atoms with Gasteiger partial charge in [-0.25, -0.2) is 4.79 Å². The molecule has 1 aliphatic heterocycles. The van der Waals surface area contributed by atoms with Crippen molar-refractivity contribution in [3.63, 3.8) is 0 Å². The first-order valence-corrected chi connectivity index (χ1v) is 6.67. The van der Waals surface area contributed by atoms with E-state index in [0.717, 1.165) is 19.4 Å². The summed E-state index contributed by atoms with van der Waals surface area (Å²) in [5.41, 5.74) is 0.0337. The highest BCUT2D eigenvalue weighted by molar-refractivity contribution is 5.90. The Hall–Kier alpha value is -1.55. The molecule has 104 valence electrons. The Bertz CT molecular complexity index is 445. The molecule has 1 aromatic rings. The van der Waals surface area contributed by atoms with E-state index in [9.17, 15) is 4.79 Å². The molecular weight excluding hydrogens is 242 g/mol. The van der Waals surface area contributed by atoms with Crippen molar-refractivity contribution in [1.82, 2.24) is 5.32 Å². The Labute approximate surface area is 114 Å². The second-order valence-corrected chi connectivity index (χ2v) is 5.73. The van der Waals surface area contributed by atoms with Gasteiger partial charge in [-0.15, -0.1) is 0 Å². The van der Waals surface area contributed by atoms with Gasteiger partial charge in [0.15, 0.2) is 0 Å². The minimum absolute atomic E-state index is 0.0499. The summed E-state index contributed by atoms with van der Waals surface area (Å²) < 4.78 is 11.1. The quantitative estimate of drug-likeness (QED) is 0.852. The highest BCUT2D eigenvalue weighted by Crippen LogP contribution is 2.19. The van der Waals surface area contributed by atoms with Crippen molar-refractivity contribution in [1.29, 1.82) is 0 Å². The van der Waals surface area contributed by atoms with Gasteiger partial charge < -0.3 is 9.47 Å². The summed E-state index contributed by atoms with van der Waals surface area (Å²) >= 11 is 0. The SMILES string of the molecule is CC(C)(C)OC(=O)c1cccc(OC2CCCN2)c1. The minimum atomic E-state index is -0.485. The number of esters is 1. The van der Waals surface area contributed by atoms with Crippen LogP contribution >= 0.6 is 0 Å². The summed E-state index contributed by atoms with van der Waals surface area (Å²) in [5.74, 6) is 0.375. The van der Waals surface area contributed by atoms with Gasteiger partial charge in [0.2, 0.25) is 0 Å². The van der Waals surface area contributed by atoms with E-state index in [1.807, 2.05) is 32.9 Å². The lowest BCUT2D eigenvalue weighted by Gasteiger charge is -2.20. The predicted molar refractivity (Wildman–Crippen MR) is 73.3 cm³/mol. The van der Waals surface area contributed by atoms with Crippen LogP contribution in [0.3, 0.4) is 0 Å². The number of ether oxygens (including phenoxy) is 2. The predicted octanol–water partition coefficient (Wildman–Crippen LogP) is 2.73. The Kier molecular flexibility index (Phi) is 4.10. The molecule has 1 aliphatic rings. The lowest BCUT2D eigenvalue weighted by Crippen LogP contribution is -2.27. The van der Waals surface area contributed by atoms with Crippen LogP contribution in [0, 0.1) is 0 Å². The van der Waals surface area contributed by atoms with E-state index in [1.54, 1.807) is 12.1 Å². The van der Waals surface area contributed by atoms with Gasteiger partial charge in [-0.2, -0.15) is 0 Å². The van der Waals surface area contributed by atoms with Crippen molar-refractivity contribution in [3.05, 3.63) is 29.8 Å². The summed E-state index contributed by atoms with van der Waals surface area (Å²) in [6, 6.07) is 7.13. The van der Waals surface area contributed by atoms with E-state index in [2.05, 4.69) is 5.32 Å². The van der Waals surface area contributed by atoms with E-state index in [4.69, 9.17) is 9.47 Å². The van der Waals surface area contributed by atoms with Crippen LogP contribution in [0.5, 0.6) is 5.75 Å². The molecule has 0 radical (unpaired) electrons. The van der Waals surface area contributed by atoms with E-state index < -0.39 is 5.60 Å². The normalized spacial score (nSPS) is 19.2. The molecule has 1 aromatic carbocycles. The second-order valence-electron chi connectivity index (χ2n) is 5.73. The van der Waals surface area contributed by atoms with Crippen LogP contribution in [0.2, 0.25) is 0 Å². The van der Waals surface area contributed by atoms with Gasteiger partial charge >= 0.3 is 5.97 Å². The average Bonchev–Trinajstić information content (AvgIpc) is 2.80. The molecule has 0 amide bonds. The maximum atomic E-state index is 12.0. The molecule has 1 saturated heterocycles. The van der Waals surface area contributed by atoms with Gasteiger partial charge in [0, 0.05) is 0 Å². The third-order valence-corrected chi connectivity index (χ3v) is 2.76. The fourth-order valence-corrected chi connectivity index (χ4v) is 1.95. The minimum Gasteiger partial charge on any atom is -0.475 e. The van der Waals surface area contributed by atoms with Crippen molar-refractivity contribution >= 4 is 5.97 Å². The van der Waals surface area contributed by atoms with Crippen molar-refractivity contribution in [2.75, 3.05) is 6.54 Å².